The molecular formula is C21H19N5O2. The standard InChI is InChI=1S/C21H19N5O2/c1-26-8-7-15-16(9-22)19(25)21(11-23,12-24)18(17(15)10-26)13-3-5-14(6-4-13)20(27)28-2/h3-7,16-18,25H,8,10H2,1-2H3/t16?,17-,18+/m1/s1. The van der Waals surface area contributed by atoms with E-state index in [2.05, 4.69) is 23.1 Å². The molecule has 0 radical (unpaired) electrons. The second-order valence-corrected chi connectivity index (χ2v) is 7.13. The van der Waals surface area contributed by atoms with Crippen LogP contribution in [0.25, 0.3) is 0 Å². The fourth-order valence-corrected chi connectivity index (χ4v) is 4.27. The molecule has 1 aliphatic carbocycles. The Bertz CT molecular complexity index is 960. The number of hydrogen-bond donors (Lipinski definition) is 1. The van der Waals surface area contributed by atoms with Crippen molar-refractivity contribution < 1.29 is 9.53 Å². The highest BCUT2D eigenvalue weighted by molar-refractivity contribution is 6.01. The summed E-state index contributed by atoms with van der Waals surface area (Å²) >= 11 is 0. The largest absolute Gasteiger partial charge is 0.465 e. The third kappa shape index (κ3) is 2.76. The summed E-state index contributed by atoms with van der Waals surface area (Å²) in [6, 6.07) is 12.8. The molecule has 1 aromatic rings. The molecule has 28 heavy (non-hydrogen) atoms. The van der Waals surface area contributed by atoms with E-state index in [0.29, 0.717) is 24.2 Å². The lowest BCUT2D eigenvalue weighted by molar-refractivity contribution is 0.0600. The zero-order valence-corrected chi connectivity index (χ0v) is 15.6. The molecule has 2 aliphatic rings. The van der Waals surface area contributed by atoms with Crippen molar-refractivity contribution in [3.8, 4) is 18.2 Å². The predicted molar refractivity (Wildman–Crippen MR) is 100 cm³/mol. The monoisotopic (exact) mass is 373 g/mol. The number of likely N-dealkylation sites (N-methyl/N-ethyl adjacent to an activating group) is 1. The van der Waals surface area contributed by atoms with Crippen LogP contribution in [0.5, 0.6) is 0 Å². The third-order valence-electron chi connectivity index (χ3n) is 5.66. The van der Waals surface area contributed by atoms with Crippen LogP contribution in [0.2, 0.25) is 0 Å². The Morgan fingerprint density at radius 1 is 1.25 bits per heavy atom. The molecule has 1 N–H and O–H groups in total. The topological polar surface area (TPSA) is 125 Å². The van der Waals surface area contributed by atoms with E-state index in [1.807, 2.05) is 13.1 Å². The van der Waals surface area contributed by atoms with Gasteiger partial charge in [-0.25, -0.2) is 4.79 Å². The van der Waals surface area contributed by atoms with Crippen molar-refractivity contribution >= 4 is 11.7 Å². The van der Waals surface area contributed by atoms with Gasteiger partial charge < -0.3 is 15.0 Å². The number of benzene rings is 1. The van der Waals surface area contributed by atoms with Crippen LogP contribution in [-0.2, 0) is 4.74 Å². The number of rotatable bonds is 2. The highest BCUT2D eigenvalue weighted by Crippen LogP contribution is 2.53. The molecule has 1 fully saturated rings. The van der Waals surface area contributed by atoms with Gasteiger partial charge in [0.25, 0.3) is 0 Å². The molecule has 0 spiro atoms. The Kier molecular flexibility index (Phi) is 5.01. The van der Waals surface area contributed by atoms with Gasteiger partial charge in [-0.1, -0.05) is 18.2 Å². The molecule has 3 rings (SSSR count). The minimum absolute atomic E-state index is 0.172. The molecule has 1 saturated carbocycles. The summed E-state index contributed by atoms with van der Waals surface area (Å²) in [5.41, 5.74) is -0.0677. The number of carbonyl (C=O) groups excluding carboxylic acids is 1. The van der Waals surface area contributed by atoms with Gasteiger partial charge in [0.05, 0.1) is 36.6 Å². The molecule has 7 nitrogen and oxygen atoms in total. The molecule has 1 heterocycles. The number of fused-ring (bicyclic) bond motifs is 1. The summed E-state index contributed by atoms with van der Waals surface area (Å²) in [5.74, 6) is -2.21. The van der Waals surface area contributed by atoms with Gasteiger partial charge in [0.1, 0.15) is 5.92 Å². The lowest BCUT2D eigenvalue weighted by Crippen LogP contribution is -2.52. The van der Waals surface area contributed by atoms with Crippen molar-refractivity contribution in [3.63, 3.8) is 0 Å². The minimum Gasteiger partial charge on any atom is -0.465 e. The van der Waals surface area contributed by atoms with Crippen LogP contribution in [0.4, 0.5) is 0 Å². The zero-order chi connectivity index (χ0) is 20.5. The van der Waals surface area contributed by atoms with Crippen molar-refractivity contribution in [2.24, 2.45) is 17.3 Å². The predicted octanol–water partition coefficient (Wildman–Crippen LogP) is 2.25. The number of nitriles is 3. The first-order chi connectivity index (χ1) is 13.4. The van der Waals surface area contributed by atoms with Crippen molar-refractivity contribution in [1.29, 1.82) is 21.2 Å². The SMILES string of the molecule is COC(=O)c1ccc([C@H]2[C@@H]3CN(C)CC=C3C(C#N)C(=N)C2(C#N)C#N)cc1. The summed E-state index contributed by atoms with van der Waals surface area (Å²) in [4.78, 5) is 13.8. The first kappa shape index (κ1) is 19.3. The molecule has 1 aromatic carbocycles. The Balaban J connectivity index is 2.19. The van der Waals surface area contributed by atoms with Crippen LogP contribution in [0.3, 0.4) is 0 Å². The molecule has 7 heteroatoms. The summed E-state index contributed by atoms with van der Waals surface area (Å²) < 4.78 is 4.72. The average Bonchev–Trinajstić information content (AvgIpc) is 2.73. The van der Waals surface area contributed by atoms with Gasteiger partial charge in [-0.15, -0.1) is 0 Å². The van der Waals surface area contributed by atoms with Crippen LogP contribution in [0, 0.1) is 56.7 Å². The van der Waals surface area contributed by atoms with Crippen molar-refractivity contribution in [2.75, 3.05) is 27.2 Å². The van der Waals surface area contributed by atoms with E-state index >= 15 is 0 Å². The van der Waals surface area contributed by atoms with Crippen LogP contribution in [0.1, 0.15) is 21.8 Å². The lowest BCUT2D eigenvalue weighted by atomic mass is 9.54. The van der Waals surface area contributed by atoms with Crippen molar-refractivity contribution in [1.82, 2.24) is 4.90 Å². The fourth-order valence-electron chi connectivity index (χ4n) is 4.27. The quantitative estimate of drug-likeness (QED) is 0.626. The van der Waals surface area contributed by atoms with Gasteiger partial charge in [-0.05, 0) is 30.3 Å². The maximum Gasteiger partial charge on any atom is 0.337 e. The summed E-state index contributed by atoms with van der Waals surface area (Å²) in [6.07, 6.45) is 1.94. The highest BCUT2D eigenvalue weighted by Gasteiger charge is 2.57. The van der Waals surface area contributed by atoms with E-state index in [1.165, 1.54) is 7.11 Å². The second-order valence-electron chi connectivity index (χ2n) is 7.13. The Morgan fingerprint density at radius 3 is 2.43 bits per heavy atom. The first-order valence-electron chi connectivity index (χ1n) is 8.81. The van der Waals surface area contributed by atoms with Gasteiger partial charge in [-0.3, -0.25) is 0 Å². The number of methoxy groups -OCH3 is 1. The van der Waals surface area contributed by atoms with Gasteiger partial charge in [0.2, 0.25) is 0 Å². The molecule has 0 aromatic heterocycles. The molecule has 140 valence electrons. The van der Waals surface area contributed by atoms with Gasteiger partial charge in [0.15, 0.2) is 5.41 Å². The molecule has 0 bridgehead atoms. The number of nitrogens with zero attached hydrogens (tertiary/aromatic N) is 4. The van der Waals surface area contributed by atoms with Crippen molar-refractivity contribution in [3.05, 3.63) is 47.0 Å². The minimum atomic E-state index is -1.74. The number of hydrogen-bond acceptors (Lipinski definition) is 7. The Labute approximate surface area is 163 Å². The highest BCUT2D eigenvalue weighted by atomic mass is 16.5. The maximum absolute atomic E-state index is 11.7. The summed E-state index contributed by atoms with van der Waals surface area (Å²) in [5, 5.41) is 38.1. The molecule has 0 saturated heterocycles. The normalized spacial score (nSPS) is 26.0. The lowest BCUT2D eigenvalue weighted by Gasteiger charge is -2.47. The third-order valence-corrected chi connectivity index (χ3v) is 5.66. The molecule has 1 unspecified atom stereocenters. The summed E-state index contributed by atoms with van der Waals surface area (Å²) in [7, 11) is 3.23. The van der Waals surface area contributed by atoms with Crippen LogP contribution in [0.15, 0.2) is 35.9 Å². The molecular weight excluding hydrogens is 354 g/mol. The summed E-state index contributed by atoms with van der Waals surface area (Å²) in [6.45, 7) is 1.23. The molecule has 3 atom stereocenters. The van der Waals surface area contributed by atoms with E-state index in [1.54, 1.807) is 24.3 Å². The average molecular weight is 373 g/mol. The number of nitrogens with one attached hydrogen (secondary N) is 1. The zero-order valence-electron chi connectivity index (χ0n) is 15.6. The van der Waals surface area contributed by atoms with E-state index in [9.17, 15) is 20.6 Å². The van der Waals surface area contributed by atoms with Gasteiger partial charge in [-0.2, -0.15) is 15.8 Å². The first-order valence-corrected chi connectivity index (χ1v) is 8.81. The van der Waals surface area contributed by atoms with E-state index in [0.717, 1.165) is 5.57 Å². The molecule has 1 aliphatic heterocycles. The number of carbonyl (C=O) groups is 1. The van der Waals surface area contributed by atoms with E-state index in [-0.39, 0.29) is 11.6 Å². The number of esters is 1. The fraction of sp³-hybridized carbons (Fsp3) is 0.381. The van der Waals surface area contributed by atoms with E-state index < -0.39 is 23.2 Å². The Morgan fingerprint density at radius 2 is 1.89 bits per heavy atom. The van der Waals surface area contributed by atoms with Crippen LogP contribution < -0.4 is 0 Å². The molecule has 0 amide bonds. The van der Waals surface area contributed by atoms with Crippen LogP contribution in [-0.4, -0.2) is 43.8 Å². The van der Waals surface area contributed by atoms with Crippen LogP contribution >= 0.6 is 0 Å². The second kappa shape index (κ2) is 7.27. The smallest absolute Gasteiger partial charge is 0.337 e. The van der Waals surface area contributed by atoms with Gasteiger partial charge >= 0.3 is 5.97 Å². The maximum atomic E-state index is 11.7. The number of ether oxygens (including phenoxy) is 1. The van der Waals surface area contributed by atoms with Gasteiger partial charge in [0, 0.05) is 24.9 Å². The van der Waals surface area contributed by atoms with E-state index in [4.69, 9.17) is 10.1 Å². The van der Waals surface area contributed by atoms with Crippen molar-refractivity contribution in [2.45, 2.75) is 5.92 Å². The Hall–Kier alpha value is -3.47.